The minimum Gasteiger partial charge on any atom is -0.480 e. The van der Waals surface area contributed by atoms with Gasteiger partial charge in [0.05, 0.1) is 21.4 Å². The van der Waals surface area contributed by atoms with E-state index in [1.807, 2.05) is 0 Å². The van der Waals surface area contributed by atoms with Crippen molar-refractivity contribution in [2.75, 3.05) is 5.75 Å². The monoisotopic (exact) mass is 273 g/mol. The number of carboxylic acid groups (broad SMARTS) is 1. The lowest BCUT2D eigenvalue weighted by Gasteiger charge is -2.12. The second-order valence-electron chi connectivity index (χ2n) is 3.53. The van der Waals surface area contributed by atoms with Gasteiger partial charge in [-0.15, -0.1) is 0 Å². The third kappa shape index (κ3) is 3.92. The summed E-state index contributed by atoms with van der Waals surface area (Å²) in [6.07, 6.45) is 0. The summed E-state index contributed by atoms with van der Waals surface area (Å²) in [6.45, 7) is 1.15. The highest BCUT2D eigenvalue weighted by Gasteiger charge is 2.23. The molecule has 0 heterocycles. The quantitative estimate of drug-likeness (QED) is 0.819. The average Bonchev–Trinajstić information content (AvgIpc) is 2.27. The lowest BCUT2D eigenvalue weighted by Crippen LogP contribution is -2.43. The van der Waals surface area contributed by atoms with Gasteiger partial charge < -0.3 is 10.4 Å². The van der Waals surface area contributed by atoms with Gasteiger partial charge in [-0.05, 0) is 12.1 Å². The van der Waals surface area contributed by atoms with Crippen LogP contribution in [-0.4, -0.2) is 33.0 Å². The van der Waals surface area contributed by atoms with Gasteiger partial charge in [-0.25, -0.2) is 9.18 Å². The van der Waals surface area contributed by atoms with Gasteiger partial charge in [-0.3, -0.25) is 9.00 Å². The van der Waals surface area contributed by atoms with E-state index in [4.69, 9.17) is 5.11 Å². The van der Waals surface area contributed by atoms with E-state index in [1.165, 1.54) is 18.2 Å². The third-order valence-corrected chi connectivity index (χ3v) is 3.53. The molecule has 1 aromatic rings. The van der Waals surface area contributed by atoms with Crippen LogP contribution in [0.25, 0.3) is 0 Å². The summed E-state index contributed by atoms with van der Waals surface area (Å²) in [5.41, 5.74) is 0. The lowest BCUT2D eigenvalue weighted by atomic mass is 10.3. The number of amides is 1. The van der Waals surface area contributed by atoms with Crippen molar-refractivity contribution in [3.05, 3.63) is 30.1 Å². The fourth-order valence-electron chi connectivity index (χ4n) is 1.29. The number of hydrogen-bond acceptors (Lipinski definition) is 3. The van der Waals surface area contributed by atoms with E-state index in [1.54, 1.807) is 0 Å². The highest BCUT2D eigenvalue weighted by Crippen LogP contribution is 2.12. The topological polar surface area (TPSA) is 83.5 Å². The van der Waals surface area contributed by atoms with Crippen LogP contribution in [0.1, 0.15) is 6.92 Å². The standard InChI is InChI=1S/C11H12FNO4S/c1-7(14)13-9(11(15)16)6-18(17)10-5-3-2-4-8(10)12/h2-5,9H,6H2,1H3,(H,13,14)(H,15,16). The molecule has 0 saturated heterocycles. The maximum Gasteiger partial charge on any atom is 0.327 e. The van der Waals surface area contributed by atoms with Crippen LogP contribution in [0.5, 0.6) is 0 Å². The van der Waals surface area contributed by atoms with E-state index < -0.39 is 34.5 Å². The molecule has 1 amide bonds. The van der Waals surface area contributed by atoms with Crippen molar-refractivity contribution in [2.45, 2.75) is 17.9 Å². The van der Waals surface area contributed by atoms with Crippen LogP contribution in [0.3, 0.4) is 0 Å². The first-order valence-electron chi connectivity index (χ1n) is 5.04. The molecular formula is C11H12FNO4S. The summed E-state index contributed by atoms with van der Waals surface area (Å²) in [4.78, 5) is 21.6. The molecule has 0 aliphatic heterocycles. The molecule has 18 heavy (non-hydrogen) atoms. The summed E-state index contributed by atoms with van der Waals surface area (Å²) in [5.74, 6) is -2.90. The Labute approximate surface area is 105 Å². The molecule has 1 aromatic carbocycles. The minimum absolute atomic E-state index is 0.0749. The second kappa shape index (κ2) is 6.25. The number of carbonyl (C=O) groups is 2. The Bertz CT molecular complexity index is 492. The second-order valence-corrected chi connectivity index (χ2v) is 5.00. The molecule has 0 spiro atoms. The number of carbonyl (C=O) groups excluding carboxylic acids is 1. The molecule has 0 saturated carbocycles. The molecule has 2 N–H and O–H groups in total. The Balaban J connectivity index is 2.82. The molecule has 7 heteroatoms. The van der Waals surface area contributed by atoms with E-state index in [2.05, 4.69) is 5.32 Å². The van der Waals surface area contributed by atoms with Crippen molar-refractivity contribution < 1.29 is 23.3 Å². The number of carboxylic acids is 1. The fourth-order valence-corrected chi connectivity index (χ4v) is 2.51. The predicted octanol–water partition coefficient (Wildman–Crippen LogP) is 0.523. The molecule has 0 aliphatic carbocycles. The molecule has 0 aromatic heterocycles. The molecule has 2 atom stereocenters. The van der Waals surface area contributed by atoms with Crippen LogP contribution < -0.4 is 5.32 Å². The predicted molar refractivity (Wildman–Crippen MR) is 62.9 cm³/mol. The number of rotatable bonds is 5. The fraction of sp³-hybridized carbons (Fsp3) is 0.273. The van der Waals surface area contributed by atoms with Crippen LogP contribution in [-0.2, 0) is 20.4 Å². The van der Waals surface area contributed by atoms with Crippen molar-refractivity contribution in [1.29, 1.82) is 0 Å². The van der Waals surface area contributed by atoms with Gasteiger partial charge in [0.2, 0.25) is 5.91 Å². The summed E-state index contributed by atoms with van der Waals surface area (Å²) in [5, 5.41) is 11.0. The molecule has 0 fully saturated rings. The Morgan fingerprint density at radius 2 is 2.06 bits per heavy atom. The van der Waals surface area contributed by atoms with E-state index in [-0.39, 0.29) is 10.6 Å². The molecule has 98 valence electrons. The minimum atomic E-state index is -1.83. The van der Waals surface area contributed by atoms with E-state index in [0.29, 0.717) is 0 Å². The first-order chi connectivity index (χ1) is 8.41. The smallest absolute Gasteiger partial charge is 0.327 e. The van der Waals surface area contributed by atoms with Gasteiger partial charge in [0.15, 0.2) is 0 Å². The molecule has 1 rings (SSSR count). The third-order valence-electron chi connectivity index (χ3n) is 2.08. The molecule has 0 aliphatic rings. The van der Waals surface area contributed by atoms with Gasteiger partial charge >= 0.3 is 5.97 Å². The van der Waals surface area contributed by atoms with Crippen molar-refractivity contribution in [3.63, 3.8) is 0 Å². The Morgan fingerprint density at radius 1 is 1.44 bits per heavy atom. The Hall–Kier alpha value is -1.76. The average molecular weight is 273 g/mol. The number of halogens is 1. The van der Waals surface area contributed by atoms with Crippen molar-refractivity contribution >= 4 is 22.7 Å². The summed E-state index contributed by atoms with van der Waals surface area (Å²) < 4.78 is 25.1. The van der Waals surface area contributed by atoms with Crippen molar-refractivity contribution in [3.8, 4) is 0 Å². The number of benzene rings is 1. The summed E-state index contributed by atoms with van der Waals surface area (Å²) in [7, 11) is -1.83. The molecular weight excluding hydrogens is 261 g/mol. The van der Waals surface area contributed by atoms with Gasteiger partial charge in [-0.1, -0.05) is 12.1 Å². The largest absolute Gasteiger partial charge is 0.480 e. The van der Waals surface area contributed by atoms with Crippen LogP contribution >= 0.6 is 0 Å². The number of nitrogens with one attached hydrogen (secondary N) is 1. The van der Waals surface area contributed by atoms with E-state index >= 15 is 0 Å². The summed E-state index contributed by atoms with van der Waals surface area (Å²) in [6, 6.07) is 4.10. The first kappa shape index (κ1) is 14.3. The van der Waals surface area contributed by atoms with Gasteiger partial charge in [0.25, 0.3) is 0 Å². The SMILES string of the molecule is CC(=O)NC(CS(=O)c1ccccc1F)C(=O)O. The molecule has 0 bridgehead atoms. The van der Waals surface area contributed by atoms with Gasteiger partial charge in [-0.2, -0.15) is 0 Å². The zero-order valence-electron chi connectivity index (χ0n) is 9.55. The van der Waals surface area contributed by atoms with Gasteiger partial charge in [0, 0.05) is 6.92 Å². The van der Waals surface area contributed by atoms with Crippen molar-refractivity contribution in [2.24, 2.45) is 0 Å². The summed E-state index contributed by atoms with van der Waals surface area (Å²) >= 11 is 0. The lowest BCUT2D eigenvalue weighted by molar-refractivity contribution is -0.140. The normalized spacial score (nSPS) is 13.7. The van der Waals surface area contributed by atoms with Crippen molar-refractivity contribution in [1.82, 2.24) is 5.32 Å². The van der Waals surface area contributed by atoms with Crippen LogP contribution in [0.2, 0.25) is 0 Å². The zero-order chi connectivity index (χ0) is 13.7. The van der Waals surface area contributed by atoms with Crippen LogP contribution in [0, 0.1) is 5.82 Å². The maximum absolute atomic E-state index is 13.3. The van der Waals surface area contributed by atoms with Gasteiger partial charge in [0.1, 0.15) is 11.9 Å². The molecule has 5 nitrogen and oxygen atoms in total. The number of hydrogen-bond donors (Lipinski definition) is 2. The Kier molecular flexibility index (Phi) is 4.96. The Morgan fingerprint density at radius 3 is 2.56 bits per heavy atom. The first-order valence-corrected chi connectivity index (χ1v) is 6.36. The highest BCUT2D eigenvalue weighted by atomic mass is 32.2. The number of aliphatic carboxylic acids is 1. The van der Waals surface area contributed by atoms with Crippen LogP contribution in [0.15, 0.2) is 29.2 Å². The highest BCUT2D eigenvalue weighted by molar-refractivity contribution is 7.85. The molecule has 0 radical (unpaired) electrons. The van der Waals surface area contributed by atoms with Crippen LogP contribution in [0.4, 0.5) is 4.39 Å². The maximum atomic E-state index is 13.3. The molecule has 2 unspecified atom stereocenters. The zero-order valence-corrected chi connectivity index (χ0v) is 10.4. The van der Waals surface area contributed by atoms with E-state index in [0.717, 1.165) is 13.0 Å². The van der Waals surface area contributed by atoms with E-state index in [9.17, 15) is 18.2 Å².